The summed E-state index contributed by atoms with van der Waals surface area (Å²) in [7, 11) is -3.29. The molecule has 0 atom stereocenters. The third-order valence-corrected chi connectivity index (χ3v) is 6.65. The maximum Gasteiger partial charge on any atom is 0.233 e. The zero-order valence-electron chi connectivity index (χ0n) is 16.0. The third kappa shape index (κ3) is 4.95. The van der Waals surface area contributed by atoms with Crippen molar-refractivity contribution in [2.75, 3.05) is 17.7 Å². The van der Waals surface area contributed by atoms with Crippen LogP contribution in [-0.2, 0) is 21.1 Å². The molecule has 0 unspecified atom stereocenters. The van der Waals surface area contributed by atoms with Crippen LogP contribution in [0.4, 0.5) is 9.52 Å². The second kappa shape index (κ2) is 9.07. The van der Waals surface area contributed by atoms with Crippen molar-refractivity contribution < 1.29 is 17.6 Å². The molecule has 0 bridgehead atoms. The molecule has 1 heterocycles. The van der Waals surface area contributed by atoms with Crippen LogP contribution in [0.15, 0.2) is 65.4 Å². The van der Waals surface area contributed by atoms with Gasteiger partial charge in [-0.05, 0) is 24.3 Å². The summed E-state index contributed by atoms with van der Waals surface area (Å²) in [5, 5.41) is 2.38. The van der Waals surface area contributed by atoms with E-state index < -0.39 is 15.7 Å². The molecule has 0 saturated heterocycles. The van der Waals surface area contributed by atoms with E-state index >= 15 is 0 Å². The number of halogens is 2. The monoisotopic (exact) mass is 464 g/mol. The number of anilines is 1. The molecule has 1 amide bonds. The second-order valence-electron chi connectivity index (χ2n) is 6.48. The van der Waals surface area contributed by atoms with Crippen LogP contribution in [0.5, 0.6) is 0 Å². The van der Waals surface area contributed by atoms with Crippen LogP contribution in [0.3, 0.4) is 0 Å². The van der Waals surface area contributed by atoms with E-state index in [0.29, 0.717) is 16.4 Å². The summed E-state index contributed by atoms with van der Waals surface area (Å²) in [5.41, 5.74) is 1.44. The Bertz CT molecular complexity index is 1170. The fourth-order valence-electron chi connectivity index (χ4n) is 2.76. The molecular weight excluding hydrogens is 447 g/mol. The lowest BCUT2D eigenvalue weighted by Crippen LogP contribution is -2.32. The Morgan fingerprint density at radius 3 is 2.57 bits per heavy atom. The van der Waals surface area contributed by atoms with Gasteiger partial charge in [0.15, 0.2) is 15.0 Å². The number of thiazole rings is 1. The van der Waals surface area contributed by atoms with Gasteiger partial charge >= 0.3 is 0 Å². The minimum Gasteiger partial charge on any atom is -0.284 e. The molecule has 0 N–H and O–H groups in total. The SMILES string of the molecule is C=CCN(C(=O)Cc1c(F)cccc1Cl)c1nc(-c2ccc(S(C)(=O)=O)cc2)cs1. The molecule has 30 heavy (non-hydrogen) atoms. The van der Waals surface area contributed by atoms with Crippen LogP contribution in [0.25, 0.3) is 11.3 Å². The van der Waals surface area contributed by atoms with Crippen LogP contribution in [0.1, 0.15) is 5.56 Å². The molecule has 1 aromatic heterocycles. The Kier molecular flexibility index (Phi) is 6.70. The summed E-state index contributed by atoms with van der Waals surface area (Å²) < 4.78 is 37.3. The van der Waals surface area contributed by atoms with Crippen molar-refractivity contribution in [2.45, 2.75) is 11.3 Å². The van der Waals surface area contributed by atoms with Gasteiger partial charge in [0.05, 0.1) is 17.0 Å². The Morgan fingerprint density at radius 1 is 1.27 bits per heavy atom. The molecule has 0 aliphatic heterocycles. The van der Waals surface area contributed by atoms with Crippen molar-refractivity contribution in [3.05, 3.63) is 76.9 Å². The standard InChI is InChI=1S/C21H18ClFN2O3S2/c1-3-11-25(20(26)12-16-17(22)5-4-6-18(16)23)21-24-19(13-29-21)14-7-9-15(10-8-14)30(2,27)28/h3-10,13H,1,11-12H2,2H3. The smallest absolute Gasteiger partial charge is 0.233 e. The molecule has 3 rings (SSSR count). The first-order valence-electron chi connectivity index (χ1n) is 8.81. The lowest BCUT2D eigenvalue weighted by atomic mass is 10.1. The van der Waals surface area contributed by atoms with Crippen LogP contribution in [0, 0.1) is 5.82 Å². The average Bonchev–Trinajstić information content (AvgIpc) is 3.18. The van der Waals surface area contributed by atoms with Gasteiger partial charge in [0.2, 0.25) is 5.91 Å². The lowest BCUT2D eigenvalue weighted by Gasteiger charge is -2.18. The molecule has 2 aromatic carbocycles. The number of aromatic nitrogens is 1. The molecular formula is C21H18ClFN2O3S2. The highest BCUT2D eigenvalue weighted by Gasteiger charge is 2.21. The lowest BCUT2D eigenvalue weighted by molar-refractivity contribution is -0.117. The summed E-state index contributed by atoms with van der Waals surface area (Å²) in [6.07, 6.45) is 2.49. The highest BCUT2D eigenvalue weighted by Crippen LogP contribution is 2.29. The first kappa shape index (κ1) is 22.1. The van der Waals surface area contributed by atoms with Crippen molar-refractivity contribution in [3.63, 3.8) is 0 Å². The van der Waals surface area contributed by atoms with Crippen LogP contribution in [0.2, 0.25) is 5.02 Å². The predicted molar refractivity (Wildman–Crippen MR) is 118 cm³/mol. The highest BCUT2D eigenvalue weighted by molar-refractivity contribution is 7.90. The Morgan fingerprint density at radius 2 is 1.97 bits per heavy atom. The quantitative estimate of drug-likeness (QED) is 0.472. The first-order chi connectivity index (χ1) is 14.2. The van der Waals surface area contributed by atoms with Gasteiger partial charge in [-0.25, -0.2) is 17.8 Å². The van der Waals surface area contributed by atoms with Crippen LogP contribution in [-0.4, -0.2) is 32.1 Å². The van der Waals surface area contributed by atoms with Gasteiger partial charge in [0.25, 0.3) is 0 Å². The average molecular weight is 465 g/mol. The van der Waals surface area contributed by atoms with Crippen molar-refractivity contribution in [3.8, 4) is 11.3 Å². The summed E-state index contributed by atoms with van der Waals surface area (Å²) in [6, 6.07) is 10.6. The van der Waals surface area contributed by atoms with E-state index in [9.17, 15) is 17.6 Å². The number of hydrogen-bond donors (Lipinski definition) is 0. The predicted octanol–water partition coefficient (Wildman–Crippen LogP) is 4.77. The van der Waals surface area contributed by atoms with Gasteiger partial charge in [-0.15, -0.1) is 17.9 Å². The molecule has 0 aliphatic carbocycles. The molecule has 0 fully saturated rings. The van der Waals surface area contributed by atoms with E-state index in [4.69, 9.17) is 11.6 Å². The fraction of sp³-hybridized carbons (Fsp3) is 0.143. The molecule has 156 valence electrons. The summed E-state index contributed by atoms with van der Waals surface area (Å²) in [6.45, 7) is 3.87. The zero-order chi connectivity index (χ0) is 21.9. The van der Waals surface area contributed by atoms with Gasteiger partial charge in [-0.1, -0.05) is 35.9 Å². The van der Waals surface area contributed by atoms with E-state index in [1.54, 1.807) is 23.6 Å². The molecule has 0 saturated carbocycles. The van der Waals surface area contributed by atoms with E-state index in [0.717, 1.165) is 6.26 Å². The first-order valence-corrected chi connectivity index (χ1v) is 12.0. The number of nitrogens with zero attached hydrogens (tertiary/aromatic N) is 2. The second-order valence-corrected chi connectivity index (χ2v) is 9.74. The molecule has 3 aromatic rings. The zero-order valence-corrected chi connectivity index (χ0v) is 18.4. The number of carbonyl (C=O) groups excluding carboxylic acids is 1. The number of carbonyl (C=O) groups is 1. The van der Waals surface area contributed by atoms with Crippen molar-refractivity contribution in [2.24, 2.45) is 0 Å². The Labute approximate surface area is 183 Å². The number of hydrogen-bond acceptors (Lipinski definition) is 5. The van der Waals surface area contributed by atoms with Gasteiger partial charge < -0.3 is 0 Å². The van der Waals surface area contributed by atoms with E-state index in [1.165, 1.54) is 46.6 Å². The Hall–Kier alpha value is -2.55. The topological polar surface area (TPSA) is 67.3 Å². The summed E-state index contributed by atoms with van der Waals surface area (Å²) in [5.74, 6) is -0.907. The van der Waals surface area contributed by atoms with Crippen molar-refractivity contribution in [1.29, 1.82) is 0 Å². The molecule has 5 nitrogen and oxygen atoms in total. The molecule has 0 spiro atoms. The van der Waals surface area contributed by atoms with E-state index in [2.05, 4.69) is 11.6 Å². The van der Waals surface area contributed by atoms with Gasteiger partial charge in [0, 0.05) is 34.3 Å². The minimum atomic E-state index is -3.29. The third-order valence-electron chi connectivity index (χ3n) is 4.30. The highest BCUT2D eigenvalue weighted by atomic mass is 35.5. The van der Waals surface area contributed by atoms with Gasteiger partial charge in [-0.2, -0.15) is 0 Å². The minimum absolute atomic E-state index is 0.131. The maximum absolute atomic E-state index is 14.1. The number of sulfone groups is 1. The number of benzene rings is 2. The van der Waals surface area contributed by atoms with Crippen LogP contribution >= 0.6 is 22.9 Å². The summed E-state index contributed by atoms with van der Waals surface area (Å²) in [4.78, 5) is 19.0. The van der Waals surface area contributed by atoms with Gasteiger partial charge in [-0.3, -0.25) is 9.69 Å². The Balaban J connectivity index is 1.86. The largest absolute Gasteiger partial charge is 0.284 e. The normalized spacial score (nSPS) is 11.3. The fourth-order valence-corrected chi connectivity index (χ4v) is 4.48. The molecule has 0 aliphatic rings. The van der Waals surface area contributed by atoms with Crippen LogP contribution < -0.4 is 4.90 Å². The van der Waals surface area contributed by atoms with Crippen molar-refractivity contribution >= 4 is 43.8 Å². The molecule has 9 heteroatoms. The van der Waals surface area contributed by atoms with Crippen molar-refractivity contribution in [1.82, 2.24) is 4.98 Å². The van der Waals surface area contributed by atoms with E-state index in [-0.39, 0.29) is 34.4 Å². The maximum atomic E-state index is 14.1. The number of rotatable bonds is 7. The number of amides is 1. The summed E-state index contributed by atoms with van der Waals surface area (Å²) >= 11 is 7.29. The van der Waals surface area contributed by atoms with E-state index in [1.807, 2.05) is 0 Å². The molecule has 0 radical (unpaired) electrons. The van der Waals surface area contributed by atoms with Gasteiger partial charge in [0.1, 0.15) is 5.82 Å².